The zero-order valence-corrected chi connectivity index (χ0v) is 15.5. The van der Waals surface area contributed by atoms with Crippen molar-refractivity contribution in [3.63, 3.8) is 0 Å². The van der Waals surface area contributed by atoms with E-state index in [0.29, 0.717) is 12.0 Å². The molecule has 25 heavy (non-hydrogen) atoms. The summed E-state index contributed by atoms with van der Waals surface area (Å²) in [6.45, 7) is 4.41. The minimum Gasteiger partial charge on any atom is -0.379 e. The lowest BCUT2D eigenvalue weighted by atomic mass is 9.75. The largest absolute Gasteiger partial charge is 0.379 e. The molecule has 1 saturated carbocycles. The molecule has 134 valence electrons. The van der Waals surface area contributed by atoms with Gasteiger partial charge < -0.3 is 10.4 Å². The van der Waals surface area contributed by atoms with E-state index in [1.165, 1.54) is 32.1 Å². The lowest BCUT2D eigenvalue weighted by Gasteiger charge is -2.42. The van der Waals surface area contributed by atoms with Gasteiger partial charge in [0.2, 0.25) is 0 Å². The van der Waals surface area contributed by atoms with E-state index in [0.717, 1.165) is 11.1 Å². The Labute approximate surface area is 152 Å². The van der Waals surface area contributed by atoms with Crippen LogP contribution in [0.4, 0.5) is 0 Å². The van der Waals surface area contributed by atoms with Crippen molar-refractivity contribution in [3.05, 3.63) is 71.8 Å². The van der Waals surface area contributed by atoms with Crippen molar-refractivity contribution >= 4 is 0 Å². The molecular formula is C23H31NO. The van der Waals surface area contributed by atoms with Gasteiger partial charge in [-0.25, -0.2) is 0 Å². The zero-order chi connectivity index (χ0) is 17.7. The van der Waals surface area contributed by atoms with Crippen LogP contribution in [0.25, 0.3) is 0 Å². The first-order valence-corrected chi connectivity index (χ1v) is 9.72. The quantitative estimate of drug-likeness (QED) is 0.788. The summed E-state index contributed by atoms with van der Waals surface area (Å²) < 4.78 is 0. The van der Waals surface area contributed by atoms with Crippen LogP contribution >= 0.6 is 0 Å². The molecule has 0 amide bonds. The molecule has 3 rings (SSSR count). The van der Waals surface area contributed by atoms with Crippen LogP contribution in [0, 0.1) is 5.92 Å². The van der Waals surface area contributed by atoms with Crippen molar-refractivity contribution in [3.8, 4) is 0 Å². The molecule has 0 aliphatic heterocycles. The fraction of sp³-hybridized carbons (Fsp3) is 0.478. The molecule has 0 unspecified atom stereocenters. The Kier molecular flexibility index (Phi) is 5.93. The maximum atomic E-state index is 12.1. The summed E-state index contributed by atoms with van der Waals surface area (Å²) in [5, 5.41) is 15.9. The van der Waals surface area contributed by atoms with Gasteiger partial charge in [-0.2, -0.15) is 0 Å². The molecule has 0 saturated heterocycles. The van der Waals surface area contributed by atoms with Gasteiger partial charge in [0.15, 0.2) is 0 Å². The number of hydrogen-bond donors (Lipinski definition) is 2. The molecule has 1 aliphatic carbocycles. The molecule has 2 N–H and O–H groups in total. The summed E-state index contributed by atoms with van der Waals surface area (Å²) in [6.07, 6.45) is 6.34. The van der Waals surface area contributed by atoms with Gasteiger partial charge in [0.05, 0.1) is 0 Å². The van der Waals surface area contributed by atoms with Crippen LogP contribution in [-0.4, -0.2) is 17.2 Å². The maximum absolute atomic E-state index is 12.1. The monoisotopic (exact) mass is 337 g/mol. The lowest BCUT2D eigenvalue weighted by Crippen LogP contribution is -2.55. The first-order valence-electron chi connectivity index (χ1n) is 9.72. The second-order valence-electron chi connectivity index (χ2n) is 7.72. The summed E-state index contributed by atoms with van der Waals surface area (Å²) in [5.41, 5.74) is 0.889. The van der Waals surface area contributed by atoms with Crippen molar-refractivity contribution < 1.29 is 5.11 Å². The van der Waals surface area contributed by atoms with E-state index in [4.69, 9.17) is 0 Å². The predicted octanol–water partition coefficient (Wildman–Crippen LogP) is 4.87. The van der Waals surface area contributed by atoms with Crippen LogP contribution < -0.4 is 5.32 Å². The average molecular weight is 338 g/mol. The van der Waals surface area contributed by atoms with Crippen LogP contribution in [0.1, 0.15) is 57.1 Å². The normalized spacial score (nSPS) is 17.6. The third-order valence-corrected chi connectivity index (χ3v) is 5.56. The van der Waals surface area contributed by atoms with E-state index in [9.17, 15) is 5.11 Å². The molecular weight excluding hydrogens is 306 g/mol. The van der Waals surface area contributed by atoms with Crippen molar-refractivity contribution in [1.82, 2.24) is 5.32 Å². The van der Waals surface area contributed by atoms with Crippen LogP contribution in [0.5, 0.6) is 0 Å². The van der Waals surface area contributed by atoms with E-state index >= 15 is 0 Å². The molecule has 2 aromatic rings. The highest BCUT2D eigenvalue weighted by Crippen LogP contribution is 2.37. The van der Waals surface area contributed by atoms with E-state index in [1.54, 1.807) is 0 Å². The molecule has 2 heteroatoms. The third kappa shape index (κ3) is 3.96. The molecule has 0 spiro atoms. The molecule has 1 aliphatic rings. The third-order valence-electron chi connectivity index (χ3n) is 5.56. The number of aliphatic hydroxyl groups is 1. The van der Waals surface area contributed by atoms with E-state index in [1.807, 2.05) is 60.7 Å². The van der Waals surface area contributed by atoms with Gasteiger partial charge in [-0.3, -0.25) is 0 Å². The maximum Gasteiger partial charge on any atom is 0.130 e. The van der Waals surface area contributed by atoms with E-state index in [2.05, 4.69) is 19.2 Å². The Bertz CT molecular complexity index is 592. The highest BCUT2D eigenvalue weighted by atomic mass is 16.3. The van der Waals surface area contributed by atoms with Gasteiger partial charge in [-0.15, -0.1) is 0 Å². The minimum absolute atomic E-state index is 0.0274. The van der Waals surface area contributed by atoms with Gasteiger partial charge in [-0.1, -0.05) is 93.8 Å². The predicted molar refractivity (Wildman–Crippen MR) is 105 cm³/mol. The van der Waals surface area contributed by atoms with Gasteiger partial charge in [0.25, 0.3) is 0 Å². The molecule has 0 bridgehead atoms. The van der Waals surface area contributed by atoms with E-state index in [-0.39, 0.29) is 6.04 Å². The number of rotatable bonds is 6. The lowest BCUT2D eigenvalue weighted by molar-refractivity contribution is 0.0119. The van der Waals surface area contributed by atoms with Crippen molar-refractivity contribution in [1.29, 1.82) is 0 Å². The highest BCUT2D eigenvalue weighted by Gasteiger charge is 2.42. The Morgan fingerprint density at radius 1 is 0.840 bits per heavy atom. The summed E-state index contributed by atoms with van der Waals surface area (Å²) in [4.78, 5) is 0. The average Bonchev–Trinajstić information content (AvgIpc) is 2.67. The SMILES string of the molecule is CC(C)[C@H](NC1CCCCC1)C(O)(c1ccccc1)c1ccccc1. The molecule has 1 fully saturated rings. The molecule has 2 nitrogen and oxygen atoms in total. The van der Waals surface area contributed by atoms with Crippen LogP contribution in [0.2, 0.25) is 0 Å². The molecule has 0 aromatic heterocycles. The number of benzene rings is 2. The fourth-order valence-electron chi connectivity index (χ4n) is 4.23. The number of nitrogens with one attached hydrogen (secondary N) is 1. The smallest absolute Gasteiger partial charge is 0.130 e. The standard InChI is InChI=1S/C23H31NO/c1-18(2)22(24-21-16-10-5-11-17-21)23(25,19-12-6-3-7-13-19)20-14-8-4-9-15-20/h3-4,6-9,12-15,18,21-22,24-25H,5,10-11,16-17H2,1-2H3/t22-/m0/s1. The second-order valence-corrected chi connectivity index (χ2v) is 7.72. The fourth-order valence-corrected chi connectivity index (χ4v) is 4.23. The molecule has 0 heterocycles. The highest BCUT2D eigenvalue weighted by molar-refractivity contribution is 5.38. The Morgan fingerprint density at radius 2 is 1.32 bits per heavy atom. The Balaban J connectivity index is 2.01. The zero-order valence-electron chi connectivity index (χ0n) is 15.5. The van der Waals surface area contributed by atoms with Crippen molar-refractivity contribution in [2.24, 2.45) is 5.92 Å². The molecule has 2 aromatic carbocycles. The van der Waals surface area contributed by atoms with E-state index < -0.39 is 5.60 Å². The van der Waals surface area contributed by atoms with Gasteiger partial charge in [0.1, 0.15) is 5.60 Å². The number of hydrogen-bond acceptors (Lipinski definition) is 2. The second kappa shape index (κ2) is 8.16. The summed E-state index contributed by atoms with van der Waals surface area (Å²) in [6, 6.07) is 20.7. The minimum atomic E-state index is -1.03. The first-order chi connectivity index (χ1) is 12.1. The molecule has 1 atom stereocenters. The van der Waals surface area contributed by atoms with Crippen LogP contribution in [-0.2, 0) is 5.60 Å². The molecule has 0 radical (unpaired) electrons. The Morgan fingerprint density at radius 3 is 1.76 bits per heavy atom. The van der Waals surface area contributed by atoms with Crippen LogP contribution in [0.3, 0.4) is 0 Å². The topological polar surface area (TPSA) is 32.3 Å². The van der Waals surface area contributed by atoms with Gasteiger partial charge >= 0.3 is 0 Å². The van der Waals surface area contributed by atoms with Crippen molar-refractivity contribution in [2.75, 3.05) is 0 Å². The van der Waals surface area contributed by atoms with Gasteiger partial charge in [-0.05, 0) is 29.9 Å². The van der Waals surface area contributed by atoms with Crippen LogP contribution in [0.15, 0.2) is 60.7 Å². The summed E-state index contributed by atoms with van der Waals surface area (Å²) in [7, 11) is 0. The summed E-state index contributed by atoms with van der Waals surface area (Å²) in [5.74, 6) is 0.312. The van der Waals surface area contributed by atoms with Gasteiger partial charge in [0, 0.05) is 12.1 Å². The summed E-state index contributed by atoms with van der Waals surface area (Å²) >= 11 is 0. The Hall–Kier alpha value is -1.64. The van der Waals surface area contributed by atoms with Crippen molar-refractivity contribution in [2.45, 2.75) is 63.6 Å². The first kappa shape index (κ1) is 18.2.